The number of rotatable bonds is 4. The number of carbonyl (C=O) groups excluding carboxylic acids is 2. The number of likely N-dealkylation sites (N-methyl/N-ethyl adjacent to an activating group) is 1. The Hall–Kier alpha value is -2.68. The maximum absolute atomic E-state index is 16.7. The molecular formula is C21H16BrF4NO3. The van der Waals surface area contributed by atoms with E-state index in [1.54, 1.807) is 12.1 Å². The van der Waals surface area contributed by atoms with E-state index in [0.29, 0.717) is 10.5 Å². The number of carbonyl (C=O) groups is 2. The number of fused-ring (bicyclic) bond motifs is 1. The van der Waals surface area contributed by atoms with Crippen molar-refractivity contribution in [1.29, 1.82) is 0 Å². The molecule has 2 aromatic rings. The van der Waals surface area contributed by atoms with Crippen LogP contribution in [0.2, 0.25) is 0 Å². The molecule has 0 saturated carbocycles. The number of amides is 1. The van der Waals surface area contributed by atoms with Gasteiger partial charge in [-0.2, -0.15) is 13.2 Å². The Morgan fingerprint density at radius 1 is 1.20 bits per heavy atom. The number of halogens is 5. The number of nitrogens with zero attached hydrogens (tertiary/aromatic N) is 1. The third-order valence-corrected chi connectivity index (χ3v) is 5.62. The van der Waals surface area contributed by atoms with Gasteiger partial charge in [0.25, 0.3) is 5.91 Å². The lowest BCUT2D eigenvalue weighted by atomic mass is 9.75. The van der Waals surface area contributed by atoms with Crippen molar-refractivity contribution in [1.82, 2.24) is 0 Å². The highest BCUT2D eigenvalue weighted by Gasteiger charge is 2.58. The number of hydrogen-bond acceptors (Lipinski definition) is 3. The van der Waals surface area contributed by atoms with Crippen molar-refractivity contribution in [2.45, 2.75) is 17.8 Å². The van der Waals surface area contributed by atoms with Crippen LogP contribution in [0.5, 0.6) is 0 Å². The minimum atomic E-state index is -4.74. The predicted octanol–water partition coefficient (Wildman–Crippen LogP) is 5.12. The van der Waals surface area contributed by atoms with Crippen LogP contribution in [0.25, 0.3) is 0 Å². The number of anilines is 1. The topological polar surface area (TPSA) is 46.6 Å². The van der Waals surface area contributed by atoms with Gasteiger partial charge in [-0.3, -0.25) is 4.79 Å². The molecule has 3 rings (SSSR count). The SMILES string of the molecule is C=C(C(=O)OC)[C@@H](c1ccc(Br)cc1)[C@]1(F)C(=O)N(C)c2ccc(C(F)(F)F)cc21. The molecule has 4 nitrogen and oxygen atoms in total. The van der Waals surface area contributed by atoms with Crippen molar-refractivity contribution in [2.24, 2.45) is 0 Å². The molecule has 0 bridgehead atoms. The van der Waals surface area contributed by atoms with Crippen molar-refractivity contribution >= 4 is 33.5 Å². The molecule has 158 valence electrons. The van der Waals surface area contributed by atoms with Crippen LogP contribution in [0.15, 0.2) is 59.1 Å². The van der Waals surface area contributed by atoms with Gasteiger partial charge in [0.1, 0.15) is 0 Å². The number of hydrogen-bond donors (Lipinski definition) is 0. The van der Waals surface area contributed by atoms with Gasteiger partial charge in [-0.05, 0) is 35.9 Å². The van der Waals surface area contributed by atoms with E-state index in [-0.39, 0.29) is 11.3 Å². The van der Waals surface area contributed by atoms with E-state index < -0.39 is 46.3 Å². The van der Waals surface area contributed by atoms with E-state index in [1.165, 1.54) is 19.2 Å². The van der Waals surface area contributed by atoms with Crippen molar-refractivity contribution in [3.05, 3.63) is 75.8 Å². The second kappa shape index (κ2) is 7.54. The molecule has 0 radical (unpaired) electrons. The standard InChI is InChI=1S/C21H16BrF4NO3/c1-11(18(28)30-3)17(12-4-7-14(22)8-5-12)20(23)15-10-13(21(24,25)26)6-9-16(15)27(2)19(20)29/h4-10,17H,1H2,2-3H3/t17-,20-/m0/s1. The lowest BCUT2D eigenvalue weighted by molar-refractivity contribution is -0.139. The van der Waals surface area contributed by atoms with Gasteiger partial charge in [-0.1, -0.05) is 34.6 Å². The highest BCUT2D eigenvalue weighted by molar-refractivity contribution is 9.10. The largest absolute Gasteiger partial charge is 0.466 e. The molecule has 1 amide bonds. The average molecular weight is 486 g/mol. The molecular weight excluding hydrogens is 470 g/mol. The van der Waals surface area contributed by atoms with Gasteiger partial charge in [0, 0.05) is 22.7 Å². The van der Waals surface area contributed by atoms with Crippen LogP contribution in [-0.2, 0) is 26.2 Å². The summed E-state index contributed by atoms with van der Waals surface area (Å²) >= 11 is 3.24. The zero-order valence-corrected chi connectivity index (χ0v) is 17.5. The molecule has 0 unspecified atom stereocenters. The maximum Gasteiger partial charge on any atom is 0.416 e. The normalized spacial score (nSPS) is 19.4. The lowest BCUT2D eigenvalue weighted by Gasteiger charge is -2.30. The third-order valence-electron chi connectivity index (χ3n) is 5.09. The second-order valence-corrected chi connectivity index (χ2v) is 7.72. The summed E-state index contributed by atoms with van der Waals surface area (Å²) in [5.41, 5.74) is -4.81. The van der Waals surface area contributed by atoms with Crippen LogP contribution in [0.4, 0.5) is 23.2 Å². The van der Waals surface area contributed by atoms with Crippen LogP contribution in [0, 0.1) is 0 Å². The Labute approximate surface area is 178 Å². The molecule has 0 aliphatic carbocycles. The van der Waals surface area contributed by atoms with Crippen LogP contribution < -0.4 is 4.90 Å². The second-order valence-electron chi connectivity index (χ2n) is 6.81. The van der Waals surface area contributed by atoms with Gasteiger partial charge >= 0.3 is 12.1 Å². The van der Waals surface area contributed by atoms with Gasteiger partial charge in [0.2, 0.25) is 5.67 Å². The van der Waals surface area contributed by atoms with E-state index in [4.69, 9.17) is 0 Å². The Morgan fingerprint density at radius 2 is 1.80 bits per heavy atom. The summed E-state index contributed by atoms with van der Waals surface area (Å²) in [5.74, 6) is -3.68. The molecule has 2 atom stereocenters. The third kappa shape index (κ3) is 3.40. The fourth-order valence-corrected chi connectivity index (χ4v) is 3.88. The quantitative estimate of drug-likeness (QED) is 0.343. The molecule has 2 aromatic carbocycles. The molecule has 1 aliphatic rings. The molecule has 9 heteroatoms. The van der Waals surface area contributed by atoms with E-state index in [1.807, 2.05) is 0 Å². The molecule has 1 heterocycles. The number of alkyl halides is 4. The highest BCUT2D eigenvalue weighted by atomic mass is 79.9. The number of benzene rings is 2. The first-order valence-electron chi connectivity index (χ1n) is 8.64. The Bertz CT molecular complexity index is 1040. The van der Waals surface area contributed by atoms with Gasteiger partial charge in [0.05, 0.1) is 24.3 Å². The van der Waals surface area contributed by atoms with Crippen LogP contribution in [0.3, 0.4) is 0 Å². The molecule has 0 spiro atoms. The number of ether oxygens (including phenoxy) is 1. The predicted molar refractivity (Wildman–Crippen MR) is 106 cm³/mol. The molecule has 0 aromatic heterocycles. The zero-order valence-electron chi connectivity index (χ0n) is 15.9. The molecule has 30 heavy (non-hydrogen) atoms. The first-order chi connectivity index (χ1) is 13.9. The Kier molecular flexibility index (Phi) is 5.53. The number of methoxy groups -OCH3 is 1. The van der Waals surface area contributed by atoms with Gasteiger partial charge < -0.3 is 9.64 Å². The smallest absolute Gasteiger partial charge is 0.416 e. The van der Waals surface area contributed by atoms with E-state index in [2.05, 4.69) is 27.2 Å². The monoisotopic (exact) mass is 485 g/mol. The summed E-state index contributed by atoms with van der Waals surface area (Å²) in [5, 5.41) is 0. The minimum absolute atomic E-state index is 0.0183. The van der Waals surface area contributed by atoms with Gasteiger partial charge in [0.15, 0.2) is 0 Å². The van der Waals surface area contributed by atoms with Gasteiger partial charge in [-0.25, -0.2) is 9.18 Å². The molecule has 0 N–H and O–H groups in total. The van der Waals surface area contributed by atoms with Crippen molar-refractivity contribution in [2.75, 3.05) is 19.1 Å². The highest BCUT2D eigenvalue weighted by Crippen LogP contribution is 2.54. The van der Waals surface area contributed by atoms with Crippen LogP contribution in [-0.4, -0.2) is 26.0 Å². The number of esters is 1. The Morgan fingerprint density at radius 3 is 2.33 bits per heavy atom. The van der Waals surface area contributed by atoms with Crippen molar-refractivity contribution < 1.29 is 31.9 Å². The maximum atomic E-state index is 16.7. The van der Waals surface area contributed by atoms with Crippen molar-refractivity contribution in [3.63, 3.8) is 0 Å². The fourth-order valence-electron chi connectivity index (χ4n) is 3.62. The summed E-state index contributed by atoms with van der Waals surface area (Å²) < 4.78 is 61.9. The fraction of sp³-hybridized carbons (Fsp3) is 0.238. The summed E-state index contributed by atoms with van der Waals surface area (Å²) in [6, 6.07) is 8.47. The first kappa shape index (κ1) is 22.0. The minimum Gasteiger partial charge on any atom is -0.466 e. The van der Waals surface area contributed by atoms with Crippen LogP contribution >= 0.6 is 15.9 Å². The van der Waals surface area contributed by atoms with E-state index in [9.17, 15) is 22.8 Å². The van der Waals surface area contributed by atoms with Gasteiger partial charge in [-0.15, -0.1) is 0 Å². The van der Waals surface area contributed by atoms with Crippen molar-refractivity contribution in [3.8, 4) is 0 Å². The Balaban J connectivity index is 2.30. The van der Waals surface area contributed by atoms with E-state index in [0.717, 1.165) is 24.1 Å². The first-order valence-corrected chi connectivity index (χ1v) is 9.43. The average Bonchev–Trinajstić information content (AvgIpc) is 2.89. The van der Waals surface area contributed by atoms with E-state index >= 15 is 4.39 Å². The molecule has 1 aliphatic heterocycles. The summed E-state index contributed by atoms with van der Waals surface area (Å²) in [7, 11) is 2.32. The summed E-state index contributed by atoms with van der Waals surface area (Å²) in [4.78, 5) is 26.2. The lowest BCUT2D eigenvalue weighted by Crippen LogP contribution is -2.41. The molecule has 0 fully saturated rings. The zero-order chi connectivity index (χ0) is 22.4. The summed E-state index contributed by atoms with van der Waals surface area (Å²) in [6.45, 7) is 3.60. The molecule has 0 saturated heterocycles. The van der Waals surface area contributed by atoms with Crippen LogP contribution in [0.1, 0.15) is 22.6 Å². The summed E-state index contributed by atoms with van der Waals surface area (Å²) in [6.07, 6.45) is -4.74.